The fraction of sp³-hybridized carbons (Fsp3) is 0.556. The van der Waals surface area contributed by atoms with Gasteiger partial charge >= 0.3 is 0 Å². The van der Waals surface area contributed by atoms with Crippen LogP contribution in [-0.4, -0.2) is 51.7 Å². The van der Waals surface area contributed by atoms with Crippen LogP contribution in [0, 0.1) is 0 Å². The average molecular weight is 335 g/mol. The summed E-state index contributed by atoms with van der Waals surface area (Å²) in [5.74, 6) is -0.159. The standard InChI is InChI=1S/C18H29N3O3/c1-5-20(6-2)16-7-9-17(10-8-16)21(15(3)22)13-11-18(23)19-12-14-24-4/h7-10H,5-6,11-14H2,1-4H3,(H,19,23). The minimum absolute atomic E-state index is 0.0738. The van der Waals surface area contributed by atoms with Gasteiger partial charge < -0.3 is 19.9 Å². The Kier molecular flexibility index (Phi) is 8.86. The molecule has 0 aliphatic carbocycles. The first-order valence-electron chi connectivity index (χ1n) is 8.42. The van der Waals surface area contributed by atoms with Gasteiger partial charge in [-0.2, -0.15) is 0 Å². The van der Waals surface area contributed by atoms with E-state index >= 15 is 0 Å². The summed E-state index contributed by atoms with van der Waals surface area (Å²) in [5, 5.41) is 2.76. The van der Waals surface area contributed by atoms with Crippen LogP contribution in [-0.2, 0) is 14.3 Å². The van der Waals surface area contributed by atoms with Gasteiger partial charge in [-0.3, -0.25) is 9.59 Å². The predicted octanol–water partition coefficient (Wildman–Crippen LogP) is 2.04. The third-order valence-electron chi connectivity index (χ3n) is 3.86. The molecule has 1 aromatic rings. The van der Waals surface area contributed by atoms with Crippen molar-refractivity contribution in [1.29, 1.82) is 0 Å². The van der Waals surface area contributed by atoms with Crippen molar-refractivity contribution in [2.24, 2.45) is 0 Å². The van der Waals surface area contributed by atoms with E-state index < -0.39 is 0 Å². The largest absolute Gasteiger partial charge is 0.383 e. The number of nitrogens with one attached hydrogen (secondary N) is 1. The second-order valence-electron chi connectivity index (χ2n) is 5.45. The Morgan fingerprint density at radius 1 is 1.08 bits per heavy atom. The highest BCUT2D eigenvalue weighted by Crippen LogP contribution is 2.21. The lowest BCUT2D eigenvalue weighted by Crippen LogP contribution is -2.34. The van der Waals surface area contributed by atoms with Crippen LogP contribution < -0.4 is 15.1 Å². The quantitative estimate of drug-likeness (QED) is 0.665. The zero-order chi connectivity index (χ0) is 17.9. The van der Waals surface area contributed by atoms with E-state index in [2.05, 4.69) is 24.1 Å². The summed E-state index contributed by atoms with van der Waals surface area (Å²) in [6.07, 6.45) is 0.265. The highest BCUT2D eigenvalue weighted by atomic mass is 16.5. The van der Waals surface area contributed by atoms with Crippen molar-refractivity contribution in [3.63, 3.8) is 0 Å². The van der Waals surface area contributed by atoms with E-state index in [0.29, 0.717) is 19.7 Å². The number of anilines is 2. The molecule has 0 fully saturated rings. The van der Waals surface area contributed by atoms with Crippen molar-refractivity contribution in [2.75, 3.05) is 49.7 Å². The molecule has 24 heavy (non-hydrogen) atoms. The first-order valence-corrected chi connectivity index (χ1v) is 8.42. The number of hydrogen-bond donors (Lipinski definition) is 1. The smallest absolute Gasteiger partial charge is 0.223 e. The van der Waals surface area contributed by atoms with E-state index in [-0.39, 0.29) is 18.2 Å². The summed E-state index contributed by atoms with van der Waals surface area (Å²) in [7, 11) is 1.59. The summed E-state index contributed by atoms with van der Waals surface area (Å²) in [5.41, 5.74) is 1.94. The highest BCUT2D eigenvalue weighted by Gasteiger charge is 2.14. The molecule has 1 rings (SSSR count). The number of methoxy groups -OCH3 is 1. The van der Waals surface area contributed by atoms with Gasteiger partial charge in [0.1, 0.15) is 0 Å². The van der Waals surface area contributed by atoms with Crippen molar-refractivity contribution in [3.05, 3.63) is 24.3 Å². The van der Waals surface area contributed by atoms with Crippen LogP contribution in [0.15, 0.2) is 24.3 Å². The molecular formula is C18H29N3O3. The van der Waals surface area contributed by atoms with E-state index in [9.17, 15) is 9.59 Å². The summed E-state index contributed by atoms with van der Waals surface area (Å²) in [6.45, 7) is 8.94. The lowest BCUT2D eigenvalue weighted by Gasteiger charge is -2.24. The van der Waals surface area contributed by atoms with Crippen LogP contribution in [0.4, 0.5) is 11.4 Å². The van der Waals surface area contributed by atoms with Gasteiger partial charge in [-0.25, -0.2) is 0 Å². The van der Waals surface area contributed by atoms with Crippen molar-refractivity contribution < 1.29 is 14.3 Å². The molecule has 0 aliphatic rings. The van der Waals surface area contributed by atoms with Gasteiger partial charge in [0.2, 0.25) is 11.8 Å². The second kappa shape index (κ2) is 10.6. The molecule has 0 bridgehead atoms. The molecule has 2 amide bonds. The molecule has 0 spiro atoms. The summed E-state index contributed by atoms with van der Waals surface area (Å²) < 4.78 is 4.89. The van der Waals surface area contributed by atoms with Crippen molar-refractivity contribution in [3.8, 4) is 0 Å². The number of amides is 2. The molecule has 0 heterocycles. The lowest BCUT2D eigenvalue weighted by molar-refractivity contribution is -0.121. The van der Waals surface area contributed by atoms with Crippen LogP contribution in [0.5, 0.6) is 0 Å². The zero-order valence-electron chi connectivity index (χ0n) is 15.2. The molecule has 6 nitrogen and oxygen atoms in total. The first-order chi connectivity index (χ1) is 11.5. The van der Waals surface area contributed by atoms with Gasteiger partial charge in [0.25, 0.3) is 0 Å². The Bertz CT molecular complexity index is 513. The first kappa shape index (κ1) is 20.0. The Morgan fingerprint density at radius 2 is 1.67 bits per heavy atom. The van der Waals surface area contributed by atoms with Crippen LogP contribution in [0.25, 0.3) is 0 Å². The zero-order valence-corrected chi connectivity index (χ0v) is 15.2. The van der Waals surface area contributed by atoms with Gasteiger partial charge in [0, 0.05) is 58.0 Å². The molecule has 6 heteroatoms. The molecule has 0 unspecified atom stereocenters. The van der Waals surface area contributed by atoms with Crippen molar-refractivity contribution >= 4 is 23.2 Å². The minimum Gasteiger partial charge on any atom is -0.383 e. The second-order valence-corrected chi connectivity index (χ2v) is 5.45. The minimum atomic E-state index is -0.0851. The van der Waals surface area contributed by atoms with Crippen molar-refractivity contribution in [2.45, 2.75) is 27.2 Å². The molecule has 0 atom stereocenters. The van der Waals surface area contributed by atoms with E-state index in [4.69, 9.17) is 4.74 Å². The summed E-state index contributed by atoms with van der Waals surface area (Å²) in [4.78, 5) is 27.6. The Balaban J connectivity index is 2.68. The number of benzene rings is 1. The highest BCUT2D eigenvalue weighted by molar-refractivity contribution is 5.92. The molecular weight excluding hydrogens is 306 g/mol. The molecule has 134 valence electrons. The fourth-order valence-corrected chi connectivity index (χ4v) is 2.49. The van der Waals surface area contributed by atoms with Gasteiger partial charge in [-0.15, -0.1) is 0 Å². The van der Waals surface area contributed by atoms with Crippen LogP contribution in [0.3, 0.4) is 0 Å². The maximum Gasteiger partial charge on any atom is 0.223 e. The monoisotopic (exact) mass is 335 g/mol. The Morgan fingerprint density at radius 3 is 2.17 bits per heavy atom. The van der Waals surface area contributed by atoms with Crippen molar-refractivity contribution in [1.82, 2.24) is 5.32 Å². The maximum atomic E-state index is 11.9. The van der Waals surface area contributed by atoms with Crippen LogP contribution >= 0.6 is 0 Å². The van der Waals surface area contributed by atoms with E-state index in [1.165, 1.54) is 6.92 Å². The molecule has 0 aliphatic heterocycles. The predicted molar refractivity (Wildman–Crippen MR) is 97.5 cm³/mol. The number of rotatable bonds is 10. The lowest BCUT2D eigenvalue weighted by atomic mass is 10.2. The SMILES string of the molecule is CCN(CC)c1ccc(N(CCC(=O)NCCOC)C(C)=O)cc1. The number of carbonyl (C=O) groups is 2. The van der Waals surface area contributed by atoms with Gasteiger partial charge in [-0.1, -0.05) is 0 Å². The summed E-state index contributed by atoms with van der Waals surface area (Å²) in [6, 6.07) is 7.88. The number of ether oxygens (including phenoxy) is 1. The fourth-order valence-electron chi connectivity index (χ4n) is 2.49. The van der Waals surface area contributed by atoms with Crippen LogP contribution in [0.2, 0.25) is 0 Å². The molecule has 0 aromatic heterocycles. The number of carbonyl (C=O) groups excluding carboxylic acids is 2. The van der Waals surface area contributed by atoms with E-state index in [1.54, 1.807) is 12.0 Å². The topological polar surface area (TPSA) is 61.9 Å². The number of nitrogens with zero attached hydrogens (tertiary/aromatic N) is 2. The normalized spacial score (nSPS) is 10.3. The van der Waals surface area contributed by atoms with Gasteiger partial charge in [-0.05, 0) is 38.1 Å². The maximum absolute atomic E-state index is 11.9. The Labute approximate surface area is 144 Å². The van der Waals surface area contributed by atoms with Gasteiger partial charge in [0.15, 0.2) is 0 Å². The molecule has 0 saturated heterocycles. The van der Waals surface area contributed by atoms with E-state index in [0.717, 1.165) is 24.5 Å². The van der Waals surface area contributed by atoms with E-state index in [1.807, 2.05) is 24.3 Å². The number of hydrogen-bond acceptors (Lipinski definition) is 4. The molecule has 0 saturated carbocycles. The Hall–Kier alpha value is -2.08. The summed E-state index contributed by atoms with van der Waals surface area (Å²) >= 11 is 0. The average Bonchev–Trinajstić information content (AvgIpc) is 2.57. The van der Waals surface area contributed by atoms with Crippen LogP contribution in [0.1, 0.15) is 27.2 Å². The molecule has 1 aromatic carbocycles. The third kappa shape index (κ3) is 6.20. The third-order valence-corrected chi connectivity index (χ3v) is 3.86. The van der Waals surface area contributed by atoms with Gasteiger partial charge in [0.05, 0.1) is 6.61 Å². The molecule has 1 N–H and O–H groups in total. The molecule has 0 radical (unpaired) electrons.